The Kier molecular flexibility index (Phi) is 14.8. The number of nitrogen functional groups attached to an aromatic ring is 2. The summed E-state index contributed by atoms with van der Waals surface area (Å²) >= 11 is 5.92. The van der Waals surface area contributed by atoms with Crippen molar-refractivity contribution in [2.24, 2.45) is 0 Å². The molecule has 0 bridgehead atoms. The zero-order valence-electron chi connectivity index (χ0n) is 33.3. The first-order valence-electron chi connectivity index (χ1n) is 18.9. The SMILES string of the molecule is Nc1nc2c(ncn2[C@@H]2OC(COP(=O)(O)OCC(COP(=O)(O)OCC3O[C@@H]([n+]4cn(CCOc5ccc(Cl)cc5)c5c(=O)[nH]c(N)nc54)[C@H](O)[C@@H]3O)OP(=O)(O)O)[C@@H](O)[C@H]2O)c(=O)[nH]1. The van der Waals surface area contributed by atoms with Crippen molar-refractivity contribution in [2.45, 2.75) is 61.7 Å². The highest BCUT2D eigenvalue weighted by molar-refractivity contribution is 7.47. The van der Waals surface area contributed by atoms with E-state index in [4.69, 9.17) is 55.4 Å². The molecule has 35 heteroatoms. The minimum Gasteiger partial charge on any atom is -0.490 e. The summed E-state index contributed by atoms with van der Waals surface area (Å²) < 4.78 is 81.8. The third kappa shape index (κ3) is 11.5. The van der Waals surface area contributed by atoms with Crippen LogP contribution in [0.1, 0.15) is 12.5 Å². The summed E-state index contributed by atoms with van der Waals surface area (Å²) in [6.45, 7) is -4.32. The molecule has 4 aromatic heterocycles. The summed E-state index contributed by atoms with van der Waals surface area (Å²) in [6.07, 6.45) is -12.8. The lowest BCUT2D eigenvalue weighted by Crippen LogP contribution is -2.46. The smallest absolute Gasteiger partial charge is 0.472 e. The number of nitrogens with zero attached hydrogens (tertiary/aromatic N) is 6. The molecular formula is C31H41ClN10O21P3+. The van der Waals surface area contributed by atoms with E-state index in [0.717, 1.165) is 10.9 Å². The third-order valence-electron chi connectivity index (χ3n) is 9.72. The molecule has 2 aliphatic heterocycles. The van der Waals surface area contributed by atoms with E-state index in [1.807, 2.05) is 0 Å². The van der Waals surface area contributed by atoms with E-state index in [0.29, 0.717) is 10.8 Å². The standard InChI is InChI=1S/C31H40ClN10O21P3/c32-13-1-3-14(4-2-13)56-6-5-40-12-42(25-19(40)27(48)39-31(34)37-25)29-23(46)21(44)17(62-29)10-60-66(54,55)58-8-15(63-64(49,50)51)7-57-65(52,53)59-9-16-20(43)22(45)28(61-16)41-11-35-18-24(41)36-30(33)38-26(18)47/h1-4,11-12,15-17,20-23,28-29,43-46H,5-10H2,(H9-,33,34,36,37,38,39,47,48,49,50,51,52,53,54,55)/p+1/t15?,16?,17?,20-,21-,22-,23-,28-,29-/m1/s1. The molecule has 0 spiro atoms. The molecule has 5 unspecified atom stereocenters. The number of phosphoric acid groups is 3. The van der Waals surface area contributed by atoms with Crippen molar-refractivity contribution in [3.63, 3.8) is 0 Å². The number of phosphoric ester groups is 3. The molecule has 66 heavy (non-hydrogen) atoms. The topological polar surface area (TPSA) is 457 Å². The summed E-state index contributed by atoms with van der Waals surface area (Å²) in [5.41, 5.74) is 9.55. The maximum Gasteiger partial charge on any atom is 0.472 e. The Morgan fingerprint density at radius 1 is 0.818 bits per heavy atom. The Morgan fingerprint density at radius 3 is 2.05 bits per heavy atom. The van der Waals surface area contributed by atoms with E-state index >= 15 is 0 Å². The van der Waals surface area contributed by atoms with Gasteiger partial charge in [0.15, 0.2) is 23.7 Å². The molecule has 2 aliphatic rings. The van der Waals surface area contributed by atoms with Gasteiger partial charge in [0.25, 0.3) is 17.1 Å². The monoisotopic (exact) mass is 1020 g/mol. The Morgan fingerprint density at radius 2 is 1.41 bits per heavy atom. The number of aromatic amines is 2. The lowest BCUT2D eigenvalue weighted by Gasteiger charge is -2.22. The first kappa shape index (κ1) is 49.6. The van der Waals surface area contributed by atoms with Crippen LogP contribution >= 0.6 is 35.1 Å². The lowest BCUT2D eigenvalue weighted by atomic mass is 10.1. The minimum atomic E-state index is -5.45. The van der Waals surface area contributed by atoms with Gasteiger partial charge in [0.2, 0.25) is 17.7 Å². The fourth-order valence-corrected chi connectivity index (χ4v) is 8.88. The number of rotatable bonds is 20. The number of nitrogens with one attached hydrogen (secondary N) is 2. The highest BCUT2D eigenvalue weighted by atomic mass is 35.5. The second kappa shape index (κ2) is 19.7. The normalized spacial score (nSPS) is 25.9. The zero-order valence-corrected chi connectivity index (χ0v) is 36.8. The van der Waals surface area contributed by atoms with Crippen molar-refractivity contribution in [2.75, 3.05) is 44.5 Å². The maximum absolute atomic E-state index is 13.0. The molecule has 0 saturated carbocycles. The maximum atomic E-state index is 13.0. The predicted molar refractivity (Wildman–Crippen MR) is 217 cm³/mol. The number of ether oxygens (including phenoxy) is 3. The number of anilines is 2. The second-order valence-corrected chi connectivity index (χ2v) is 18.9. The number of H-pyrrole nitrogens is 2. The van der Waals surface area contributed by atoms with Crippen LogP contribution in [0.15, 0.2) is 46.5 Å². The van der Waals surface area contributed by atoms with Crippen molar-refractivity contribution in [3.05, 3.63) is 62.7 Å². The van der Waals surface area contributed by atoms with E-state index in [2.05, 4.69) is 29.4 Å². The molecule has 1 aromatic carbocycles. The van der Waals surface area contributed by atoms with Gasteiger partial charge < -0.3 is 65.7 Å². The quantitative estimate of drug-likeness (QED) is 0.0273. The Hall–Kier alpha value is -4.30. The van der Waals surface area contributed by atoms with Gasteiger partial charge in [0, 0.05) is 5.02 Å². The number of aliphatic hydroxyl groups excluding tert-OH is 4. The van der Waals surface area contributed by atoms with Crippen LogP contribution in [0.25, 0.3) is 22.3 Å². The number of nitrogens with two attached hydrogens (primary N) is 2. The van der Waals surface area contributed by atoms with E-state index in [1.165, 1.54) is 15.5 Å². The van der Waals surface area contributed by atoms with Crippen LogP contribution < -0.4 is 31.9 Å². The molecule has 11 atom stereocenters. The van der Waals surface area contributed by atoms with Crippen LogP contribution in [0.4, 0.5) is 11.9 Å². The predicted octanol–water partition coefficient (Wildman–Crippen LogP) is -2.97. The van der Waals surface area contributed by atoms with Gasteiger partial charge in [-0.05, 0) is 24.3 Å². The van der Waals surface area contributed by atoms with Crippen LogP contribution in [-0.4, -0.2) is 150 Å². The molecule has 362 valence electrons. The minimum absolute atomic E-state index is 0.0254. The Bertz CT molecular complexity index is 2810. The molecule has 0 aliphatic carbocycles. The van der Waals surface area contributed by atoms with Gasteiger partial charge in [-0.1, -0.05) is 16.6 Å². The average Bonchev–Trinajstić information content (AvgIpc) is 3.97. The number of halogens is 1. The van der Waals surface area contributed by atoms with Gasteiger partial charge >= 0.3 is 29.1 Å². The average molecular weight is 1020 g/mol. The highest BCUT2D eigenvalue weighted by Gasteiger charge is 2.49. The molecule has 0 radical (unpaired) electrons. The first-order valence-corrected chi connectivity index (χ1v) is 23.8. The first-order chi connectivity index (χ1) is 31.0. The summed E-state index contributed by atoms with van der Waals surface area (Å²) in [6, 6.07) is 6.49. The number of benzene rings is 1. The van der Waals surface area contributed by atoms with Gasteiger partial charge in [0.1, 0.15) is 61.6 Å². The van der Waals surface area contributed by atoms with Gasteiger partial charge in [-0.25, -0.2) is 23.2 Å². The fourth-order valence-electron chi connectivity index (χ4n) is 6.71. The van der Waals surface area contributed by atoms with Crippen molar-refractivity contribution in [1.82, 2.24) is 34.1 Å². The van der Waals surface area contributed by atoms with E-state index in [9.17, 15) is 63.3 Å². The number of hydrogen-bond donors (Lipinski definition) is 12. The summed E-state index contributed by atoms with van der Waals surface area (Å²) in [7, 11) is -16.0. The van der Waals surface area contributed by atoms with Crippen molar-refractivity contribution in [3.8, 4) is 5.75 Å². The zero-order chi connectivity index (χ0) is 47.9. The molecule has 0 amide bonds. The molecule has 6 heterocycles. The van der Waals surface area contributed by atoms with Gasteiger partial charge in [-0.3, -0.25) is 51.3 Å². The molecule has 14 N–H and O–H groups in total. The van der Waals surface area contributed by atoms with Crippen LogP contribution in [0.2, 0.25) is 5.02 Å². The molecule has 7 rings (SSSR count). The van der Waals surface area contributed by atoms with Crippen LogP contribution in [0.5, 0.6) is 5.75 Å². The number of aromatic nitrogens is 8. The summed E-state index contributed by atoms with van der Waals surface area (Å²) in [5, 5.41) is 43.5. The van der Waals surface area contributed by atoms with Crippen molar-refractivity contribution in [1.29, 1.82) is 0 Å². The number of aliphatic hydroxyl groups is 4. The van der Waals surface area contributed by atoms with Gasteiger partial charge in [-0.15, -0.1) is 0 Å². The van der Waals surface area contributed by atoms with E-state index in [1.54, 1.807) is 24.3 Å². The fraction of sp³-hybridized carbons (Fsp3) is 0.484. The Balaban J connectivity index is 0.934. The molecule has 2 saturated heterocycles. The van der Waals surface area contributed by atoms with Gasteiger partial charge in [0.05, 0.1) is 32.8 Å². The third-order valence-corrected chi connectivity index (χ3v) is 12.4. The highest BCUT2D eigenvalue weighted by Crippen LogP contribution is 2.48. The number of imidazole rings is 2. The van der Waals surface area contributed by atoms with Crippen LogP contribution in [0.3, 0.4) is 0 Å². The second-order valence-electron chi connectivity index (χ2n) is 14.3. The van der Waals surface area contributed by atoms with Gasteiger partial charge in [-0.2, -0.15) is 4.98 Å². The Labute approximate surface area is 372 Å². The largest absolute Gasteiger partial charge is 0.490 e. The molecule has 2 fully saturated rings. The lowest BCUT2D eigenvalue weighted by molar-refractivity contribution is -0.746. The van der Waals surface area contributed by atoms with Crippen molar-refractivity contribution < 1.29 is 95.1 Å². The summed E-state index contributed by atoms with van der Waals surface area (Å²) in [4.78, 5) is 81.2. The van der Waals surface area contributed by atoms with E-state index < -0.39 is 116 Å². The number of hydrogen-bond acceptors (Lipinski definition) is 22. The van der Waals surface area contributed by atoms with E-state index in [-0.39, 0.29) is 47.4 Å². The summed E-state index contributed by atoms with van der Waals surface area (Å²) in [5.74, 6) is -0.126. The van der Waals surface area contributed by atoms with Crippen LogP contribution in [0, 0.1) is 0 Å². The van der Waals surface area contributed by atoms with Crippen molar-refractivity contribution >= 4 is 69.3 Å². The molecule has 5 aromatic rings. The van der Waals surface area contributed by atoms with Crippen LogP contribution in [-0.2, 0) is 52.3 Å². The molecule has 31 nitrogen and oxygen atoms in total. The molecular weight excluding hydrogens is 977 g/mol. The number of fused-ring (bicyclic) bond motifs is 2.